The number of carbonyl (C=O) groups is 1. The minimum Gasteiger partial charge on any atom is -0.383 e. The lowest BCUT2D eigenvalue weighted by Crippen LogP contribution is -2.52. The number of carbonyl (C=O) groups excluding carboxylic acids is 1. The highest BCUT2D eigenvalue weighted by molar-refractivity contribution is 6.11. The van der Waals surface area contributed by atoms with E-state index in [0.29, 0.717) is 18.9 Å². The van der Waals surface area contributed by atoms with Gasteiger partial charge in [0.25, 0.3) is 0 Å². The van der Waals surface area contributed by atoms with Gasteiger partial charge in [-0.1, -0.05) is 43.7 Å². The van der Waals surface area contributed by atoms with E-state index in [9.17, 15) is 18.0 Å². The van der Waals surface area contributed by atoms with Crippen LogP contribution in [0.2, 0.25) is 0 Å². The number of nitrogens with zero attached hydrogens (tertiary/aromatic N) is 3. The molecule has 34 heavy (non-hydrogen) atoms. The predicted octanol–water partition coefficient (Wildman–Crippen LogP) is 4.63. The summed E-state index contributed by atoms with van der Waals surface area (Å²) in [6, 6.07) is 15.1. The van der Waals surface area contributed by atoms with Gasteiger partial charge in [-0.15, -0.1) is 0 Å². The Hall–Kier alpha value is -3.46. The molecular weight excluding hydrogens is 443 g/mol. The fourth-order valence-corrected chi connectivity index (χ4v) is 4.31. The van der Waals surface area contributed by atoms with Crippen molar-refractivity contribution in [3.63, 3.8) is 0 Å². The van der Waals surface area contributed by atoms with Gasteiger partial charge in [0.05, 0.1) is 17.2 Å². The van der Waals surface area contributed by atoms with E-state index in [1.54, 1.807) is 0 Å². The van der Waals surface area contributed by atoms with Crippen LogP contribution in [0, 0.1) is 0 Å². The maximum atomic E-state index is 13.8. The fraction of sp³-hybridized carbons (Fsp3) is 0.320. The molecule has 4 rings (SSSR count). The van der Waals surface area contributed by atoms with Crippen LogP contribution in [0.15, 0.2) is 60.8 Å². The summed E-state index contributed by atoms with van der Waals surface area (Å²) in [7, 11) is 0. The third-order valence-corrected chi connectivity index (χ3v) is 5.93. The number of hydrogen-bond acceptors (Lipinski definition) is 6. The second-order valence-electron chi connectivity index (χ2n) is 8.35. The zero-order chi connectivity index (χ0) is 24.3. The number of ketones is 1. The molecule has 0 radical (unpaired) electrons. The smallest absolute Gasteiger partial charge is 0.383 e. The molecule has 1 saturated heterocycles. The van der Waals surface area contributed by atoms with Gasteiger partial charge in [-0.25, -0.2) is 9.97 Å². The van der Waals surface area contributed by atoms with E-state index in [-0.39, 0.29) is 23.5 Å². The first-order valence-electron chi connectivity index (χ1n) is 11.2. The Balaban J connectivity index is 1.74. The van der Waals surface area contributed by atoms with Gasteiger partial charge < -0.3 is 16.0 Å². The van der Waals surface area contributed by atoms with Gasteiger partial charge in [-0.3, -0.25) is 4.79 Å². The van der Waals surface area contributed by atoms with Crippen LogP contribution in [-0.2, 0) is 6.18 Å². The number of benzene rings is 1. The highest BCUT2D eigenvalue weighted by Crippen LogP contribution is 2.35. The Kier molecular flexibility index (Phi) is 6.83. The first-order chi connectivity index (χ1) is 16.3. The molecule has 0 bridgehead atoms. The Bertz CT molecular complexity index is 1150. The molecule has 3 aromatic rings. The summed E-state index contributed by atoms with van der Waals surface area (Å²) in [5.41, 5.74) is 4.98. The number of piperazine rings is 1. The van der Waals surface area contributed by atoms with Crippen LogP contribution in [0.5, 0.6) is 0 Å². The molecule has 1 aliphatic heterocycles. The third-order valence-electron chi connectivity index (χ3n) is 5.93. The summed E-state index contributed by atoms with van der Waals surface area (Å²) in [6.07, 6.45) is -1.51. The summed E-state index contributed by atoms with van der Waals surface area (Å²) in [5.74, 6) is -0.718. The molecule has 6 nitrogen and oxygen atoms in total. The molecule has 0 spiro atoms. The summed E-state index contributed by atoms with van der Waals surface area (Å²) in [5, 5.41) is 3.64. The zero-order valence-electron chi connectivity index (χ0n) is 18.7. The first-order valence-corrected chi connectivity index (χ1v) is 11.2. The topological polar surface area (TPSA) is 84.1 Å². The number of anilines is 2. The normalized spacial score (nSPS) is 18.6. The highest BCUT2D eigenvalue weighted by Gasteiger charge is 2.38. The molecule has 2 aromatic heterocycles. The standard InChI is InChI=1S/C25H26F3N5O/c1-2-7-17-14-33(15-20(31-17)16-8-4-3-5-9-16)21-12-11-19(25(26,27)28)22(32-21)23(34)18-10-6-13-30-24(18)29/h3-6,8-13,17,20,31H,2,7,14-15H2,1H3,(H2,29,30)/t17-,20+/m0/s1. The van der Waals surface area contributed by atoms with Gasteiger partial charge in [0.2, 0.25) is 5.78 Å². The SMILES string of the molecule is CCC[C@H]1CN(c2ccc(C(F)(F)F)c(C(=O)c3cccnc3N)n2)C[C@H](c2ccccc2)N1. The first kappa shape index (κ1) is 23.7. The summed E-state index contributed by atoms with van der Waals surface area (Å²) < 4.78 is 41.3. The van der Waals surface area contributed by atoms with Crippen LogP contribution in [0.25, 0.3) is 0 Å². The van der Waals surface area contributed by atoms with Crippen molar-refractivity contribution >= 4 is 17.4 Å². The van der Waals surface area contributed by atoms with Crippen LogP contribution in [0.4, 0.5) is 24.8 Å². The lowest BCUT2D eigenvalue weighted by Gasteiger charge is -2.40. The van der Waals surface area contributed by atoms with Gasteiger partial charge in [-0.05, 0) is 36.2 Å². The average molecular weight is 470 g/mol. The second kappa shape index (κ2) is 9.80. The molecule has 3 heterocycles. The molecule has 1 aromatic carbocycles. The van der Waals surface area contributed by atoms with E-state index >= 15 is 0 Å². The third kappa shape index (κ3) is 5.04. The van der Waals surface area contributed by atoms with Crippen molar-refractivity contribution in [3.05, 3.63) is 83.2 Å². The zero-order valence-corrected chi connectivity index (χ0v) is 18.7. The van der Waals surface area contributed by atoms with E-state index in [1.807, 2.05) is 35.2 Å². The summed E-state index contributed by atoms with van der Waals surface area (Å²) in [4.78, 5) is 23.1. The molecule has 1 fully saturated rings. The molecular formula is C25H26F3N5O. The summed E-state index contributed by atoms with van der Waals surface area (Å²) >= 11 is 0. The minimum atomic E-state index is -4.74. The van der Waals surface area contributed by atoms with Crippen molar-refractivity contribution in [1.82, 2.24) is 15.3 Å². The second-order valence-corrected chi connectivity index (χ2v) is 8.35. The van der Waals surface area contributed by atoms with Gasteiger partial charge in [0.15, 0.2) is 0 Å². The van der Waals surface area contributed by atoms with Crippen molar-refractivity contribution in [2.45, 2.75) is 38.0 Å². The molecule has 9 heteroatoms. The van der Waals surface area contributed by atoms with Crippen molar-refractivity contribution in [2.24, 2.45) is 0 Å². The molecule has 0 aliphatic carbocycles. The predicted molar refractivity (Wildman–Crippen MR) is 125 cm³/mol. The summed E-state index contributed by atoms with van der Waals surface area (Å²) in [6.45, 7) is 3.16. The van der Waals surface area contributed by atoms with Crippen molar-refractivity contribution in [1.29, 1.82) is 0 Å². The van der Waals surface area contributed by atoms with Crippen LogP contribution in [0.3, 0.4) is 0 Å². The lowest BCUT2D eigenvalue weighted by molar-refractivity contribution is -0.138. The van der Waals surface area contributed by atoms with Crippen LogP contribution >= 0.6 is 0 Å². The number of rotatable bonds is 6. The van der Waals surface area contributed by atoms with Gasteiger partial charge in [0.1, 0.15) is 17.3 Å². The molecule has 178 valence electrons. The number of alkyl halides is 3. The van der Waals surface area contributed by atoms with E-state index in [0.717, 1.165) is 24.5 Å². The van der Waals surface area contributed by atoms with Crippen LogP contribution < -0.4 is 16.0 Å². The molecule has 0 saturated carbocycles. The Morgan fingerprint density at radius 2 is 1.88 bits per heavy atom. The Labute approximate surface area is 196 Å². The van der Waals surface area contributed by atoms with E-state index in [4.69, 9.17) is 5.73 Å². The monoisotopic (exact) mass is 469 g/mol. The minimum absolute atomic E-state index is 0.0243. The Morgan fingerprint density at radius 1 is 1.12 bits per heavy atom. The number of hydrogen-bond donors (Lipinski definition) is 2. The van der Waals surface area contributed by atoms with E-state index in [1.165, 1.54) is 24.4 Å². The largest absolute Gasteiger partial charge is 0.418 e. The maximum Gasteiger partial charge on any atom is 0.418 e. The molecule has 2 atom stereocenters. The fourth-order valence-electron chi connectivity index (χ4n) is 4.31. The average Bonchev–Trinajstić information content (AvgIpc) is 2.83. The number of aromatic nitrogens is 2. The maximum absolute atomic E-state index is 13.8. The Morgan fingerprint density at radius 3 is 2.56 bits per heavy atom. The number of nitrogens with one attached hydrogen (secondary N) is 1. The lowest BCUT2D eigenvalue weighted by atomic mass is 9.99. The van der Waals surface area contributed by atoms with E-state index < -0.39 is 23.2 Å². The number of halogens is 3. The van der Waals surface area contributed by atoms with Gasteiger partial charge >= 0.3 is 6.18 Å². The van der Waals surface area contributed by atoms with Crippen molar-refractivity contribution in [2.75, 3.05) is 23.7 Å². The highest BCUT2D eigenvalue weighted by atomic mass is 19.4. The van der Waals surface area contributed by atoms with Crippen LogP contribution in [0.1, 0.15) is 53.0 Å². The molecule has 1 aliphatic rings. The van der Waals surface area contributed by atoms with Crippen molar-refractivity contribution < 1.29 is 18.0 Å². The number of pyridine rings is 2. The molecule has 3 N–H and O–H groups in total. The van der Waals surface area contributed by atoms with Gasteiger partial charge in [0, 0.05) is 25.3 Å². The number of nitrogens with two attached hydrogens (primary N) is 1. The molecule has 0 unspecified atom stereocenters. The van der Waals surface area contributed by atoms with Crippen molar-refractivity contribution in [3.8, 4) is 0 Å². The van der Waals surface area contributed by atoms with Gasteiger partial charge in [-0.2, -0.15) is 13.2 Å². The van der Waals surface area contributed by atoms with Crippen LogP contribution in [-0.4, -0.2) is 34.9 Å². The number of nitrogen functional groups attached to an aromatic ring is 1. The van der Waals surface area contributed by atoms with E-state index in [2.05, 4.69) is 22.2 Å². The quantitative estimate of drug-likeness (QED) is 0.512. The molecule has 0 amide bonds.